The first kappa shape index (κ1) is 70.7. The normalized spacial score (nSPS) is 14.1. The molecule has 0 saturated carbocycles. The Balaban J connectivity index is 5.37. The number of phosphoric ester groups is 1. The predicted molar refractivity (Wildman–Crippen MR) is 312 cm³/mol. The van der Waals surface area contributed by atoms with E-state index >= 15 is 0 Å². The number of carbonyl (C=O) groups is 2. The van der Waals surface area contributed by atoms with Crippen molar-refractivity contribution in [2.45, 2.75) is 290 Å². The van der Waals surface area contributed by atoms with Gasteiger partial charge in [0, 0.05) is 12.8 Å². The van der Waals surface area contributed by atoms with Gasteiger partial charge in [-0.3, -0.25) is 14.2 Å². The third-order valence-corrected chi connectivity index (χ3v) is 14.4. The van der Waals surface area contributed by atoms with E-state index in [-0.39, 0.29) is 24.9 Å². The van der Waals surface area contributed by atoms with Crippen LogP contribution in [0, 0.1) is 0 Å². The van der Waals surface area contributed by atoms with E-state index in [4.69, 9.17) is 13.8 Å². The minimum Gasteiger partial charge on any atom is -0.756 e. The summed E-state index contributed by atoms with van der Waals surface area (Å²) in [5.41, 5.74) is 0. The van der Waals surface area contributed by atoms with Crippen molar-refractivity contribution >= 4 is 19.7 Å². The van der Waals surface area contributed by atoms with Crippen molar-refractivity contribution in [3.63, 3.8) is 0 Å². The third-order valence-electron chi connectivity index (χ3n) is 13.5. The van der Waals surface area contributed by atoms with Crippen LogP contribution in [0.5, 0.6) is 0 Å². The number of ether oxygens (including phenoxy) is 1. The summed E-state index contributed by atoms with van der Waals surface area (Å²) in [6.07, 6.45) is 66.1. The monoisotopic (exact) mass is 1040 g/mol. The fraction of sp³-hybridized carbons (Fsp3) is 0.810. The SMILES string of the molecule is CCCCC/C=C\C/C=C\C/C=C\C/C=C\CCCCCC(=O)OC(/C=C/CCCCCCCCCCCCC)C(COP(=O)([O-])OCC[N+](C)(C)C)NC(=O)CCCCCCCCCCCCCCCCC. The van der Waals surface area contributed by atoms with E-state index < -0.39 is 26.6 Å². The Bertz CT molecular complexity index is 1440. The number of allylic oxidation sites excluding steroid dienone is 9. The molecule has 0 aromatic carbocycles. The van der Waals surface area contributed by atoms with Crippen LogP contribution in [0.25, 0.3) is 0 Å². The van der Waals surface area contributed by atoms with Crippen LogP contribution in [-0.2, 0) is 27.9 Å². The topological polar surface area (TPSA) is 114 Å². The van der Waals surface area contributed by atoms with Gasteiger partial charge >= 0.3 is 5.97 Å². The Hall–Kier alpha value is -2.29. The maximum atomic E-state index is 13.5. The van der Waals surface area contributed by atoms with E-state index in [1.54, 1.807) is 0 Å². The van der Waals surface area contributed by atoms with Crippen LogP contribution < -0.4 is 10.2 Å². The molecule has 0 fully saturated rings. The van der Waals surface area contributed by atoms with Gasteiger partial charge in [-0.1, -0.05) is 249 Å². The van der Waals surface area contributed by atoms with Crippen molar-refractivity contribution in [2.75, 3.05) is 40.9 Å². The zero-order valence-corrected chi connectivity index (χ0v) is 49.5. The van der Waals surface area contributed by atoms with E-state index in [0.717, 1.165) is 77.0 Å². The number of rotatable bonds is 55. The molecule has 0 heterocycles. The van der Waals surface area contributed by atoms with Gasteiger partial charge in [0.1, 0.15) is 19.3 Å². The van der Waals surface area contributed by atoms with Crippen LogP contribution in [-0.4, -0.2) is 69.4 Å². The number of quaternary nitrogens is 1. The van der Waals surface area contributed by atoms with Gasteiger partial charge in [-0.25, -0.2) is 0 Å². The van der Waals surface area contributed by atoms with Gasteiger partial charge in [-0.2, -0.15) is 0 Å². The van der Waals surface area contributed by atoms with Crippen molar-refractivity contribution in [1.82, 2.24) is 5.32 Å². The van der Waals surface area contributed by atoms with Gasteiger partial charge in [0.05, 0.1) is 33.8 Å². The molecule has 0 aliphatic heterocycles. The fourth-order valence-corrected chi connectivity index (χ4v) is 9.41. The van der Waals surface area contributed by atoms with Crippen molar-refractivity contribution in [3.8, 4) is 0 Å². The predicted octanol–water partition coefficient (Wildman–Crippen LogP) is 18.0. The van der Waals surface area contributed by atoms with Crippen LogP contribution in [0.4, 0.5) is 0 Å². The van der Waals surface area contributed by atoms with Crippen molar-refractivity contribution in [2.24, 2.45) is 0 Å². The Morgan fingerprint density at radius 1 is 0.479 bits per heavy atom. The van der Waals surface area contributed by atoms with Crippen LogP contribution in [0.3, 0.4) is 0 Å². The van der Waals surface area contributed by atoms with E-state index in [0.29, 0.717) is 23.9 Å². The first-order valence-electron chi connectivity index (χ1n) is 30.6. The number of nitrogens with one attached hydrogen (secondary N) is 1. The molecule has 3 unspecified atom stereocenters. The van der Waals surface area contributed by atoms with Gasteiger partial charge in [0.2, 0.25) is 5.91 Å². The molecule has 0 radical (unpaired) electrons. The Morgan fingerprint density at radius 3 is 1.29 bits per heavy atom. The van der Waals surface area contributed by atoms with Crippen molar-refractivity contribution in [1.29, 1.82) is 0 Å². The van der Waals surface area contributed by atoms with E-state index in [1.165, 1.54) is 161 Å². The summed E-state index contributed by atoms with van der Waals surface area (Å²) in [5, 5.41) is 3.02. The number of carbonyl (C=O) groups excluding carboxylic acids is 2. The number of amides is 1. The number of nitrogens with zero attached hydrogens (tertiary/aromatic N) is 1. The molecule has 10 heteroatoms. The minimum atomic E-state index is -4.70. The lowest BCUT2D eigenvalue weighted by Gasteiger charge is -2.30. The van der Waals surface area contributed by atoms with Crippen molar-refractivity contribution in [3.05, 3.63) is 60.8 Å². The number of hydrogen-bond acceptors (Lipinski definition) is 7. The third kappa shape index (κ3) is 54.3. The summed E-state index contributed by atoms with van der Waals surface area (Å²) >= 11 is 0. The zero-order chi connectivity index (χ0) is 53.6. The first-order valence-corrected chi connectivity index (χ1v) is 32.1. The molecule has 3 atom stereocenters. The molecule has 0 bridgehead atoms. The maximum absolute atomic E-state index is 13.5. The number of esters is 1. The Kier molecular flexibility index (Phi) is 51.5. The molecule has 73 heavy (non-hydrogen) atoms. The van der Waals surface area contributed by atoms with Gasteiger partial charge < -0.3 is 28.5 Å². The average molecular weight is 1050 g/mol. The lowest BCUT2D eigenvalue weighted by molar-refractivity contribution is -0.870. The fourth-order valence-electron chi connectivity index (χ4n) is 8.68. The molecule has 1 N–H and O–H groups in total. The average Bonchev–Trinajstić information content (AvgIpc) is 3.35. The standard InChI is InChI=1S/C63H117N2O7P/c1-7-10-13-16-19-22-25-28-30-31-32-33-35-38-41-44-47-50-53-56-63(67)72-61(54-51-48-45-42-39-36-27-24-21-18-15-12-9-3)60(59-71-73(68,69)70-58-57-65(4,5)6)64-62(66)55-52-49-46-43-40-37-34-29-26-23-20-17-14-11-8-2/h19,22,28,30,32-33,38,41,51,54,60-61H,7-18,20-21,23-27,29,31,34-37,39-40,42-50,52-53,55-59H2,1-6H3,(H-,64,66,68,69)/b22-19-,30-28-,33-32-,41-38-,54-51+. The first-order chi connectivity index (χ1) is 35.4. The smallest absolute Gasteiger partial charge is 0.306 e. The molecule has 0 rings (SSSR count). The summed E-state index contributed by atoms with van der Waals surface area (Å²) in [6.45, 7) is 6.81. The maximum Gasteiger partial charge on any atom is 0.306 e. The second kappa shape index (κ2) is 53.1. The summed E-state index contributed by atoms with van der Waals surface area (Å²) in [5.74, 6) is -0.570. The van der Waals surface area contributed by atoms with Crippen LogP contribution in [0.2, 0.25) is 0 Å². The molecule has 0 aliphatic rings. The molecule has 0 aromatic heterocycles. The van der Waals surface area contributed by atoms with Gasteiger partial charge in [-0.15, -0.1) is 0 Å². The highest BCUT2D eigenvalue weighted by Crippen LogP contribution is 2.38. The summed E-state index contributed by atoms with van der Waals surface area (Å²) in [6, 6.07) is -0.900. The summed E-state index contributed by atoms with van der Waals surface area (Å²) < 4.78 is 30.3. The second-order valence-corrected chi connectivity index (χ2v) is 23.3. The van der Waals surface area contributed by atoms with E-state index in [9.17, 15) is 19.0 Å². The largest absolute Gasteiger partial charge is 0.756 e. The number of likely N-dealkylation sites (N-methyl/N-ethyl adjacent to an activating group) is 1. The van der Waals surface area contributed by atoms with Gasteiger partial charge in [-0.05, 0) is 76.7 Å². The quantitative estimate of drug-likeness (QED) is 0.0212. The molecule has 0 spiro atoms. The molecule has 1 amide bonds. The van der Waals surface area contributed by atoms with E-state index in [1.807, 2.05) is 33.3 Å². The van der Waals surface area contributed by atoms with Crippen LogP contribution in [0.1, 0.15) is 278 Å². The van der Waals surface area contributed by atoms with Crippen LogP contribution in [0.15, 0.2) is 60.8 Å². The molecular weight excluding hydrogens is 928 g/mol. The highest BCUT2D eigenvalue weighted by atomic mass is 31.2. The van der Waals surface area contributed by atoms with Crippen LogP contribution >= 0.6 is 7.82 Å². The van der Waals surface area contributed by atoms with Crippen molar-refractivity contribution < 1.29 is 37.3 Å². The van der Waals surface area contributed by atoms with Gasteiger partial charge in [0.15, 0.2) is 0 Å². The highest BCUT2D eigenvalue weighted by molar-refractivity contribution is 7.45. The second-order valence-electron chi connectivity index (χ2n) is 21.9. The molecule has 9 nitrogen and oxygen atoms in total. The van der Waals surface area contributed by atoms with Gasteiger partial charge in [0.25, 0.3) is 7.82 Å². The molecule has 0 aromatic rings. The number of phosphoric acid groups is 1. The molecule has 426 valence electrons. The highest BCUT2D eigenvalue weighted by Gasteiger charge is 2.27. The lowest BCUT2D eigenvalue weighted by Crippen LogP contribution is -2.47. The molecule has 0 saturated heterocycles. The van der Waals surface area contributed by atoms with E-state index in [2.05, 4.69) is 74.7 Å². The minimum absolute atomic E-state index is 0.0276. The number of unbranched alkanes of at least 4 members (excludes halogenated alkanes) is 31. The summed E-state index contributed by atoms with van der Waals surface area (Å²) in [7, 11) is 1.17. The Morgan fingerprint density at radius 2 is 0.836 bits per heavy atom. The summed E-state index contributed by atoms with van der Waals surface area (Å²) in [4.78, 5) is 39.9. The Labute approximate surface area is 451 Å². The number of hydrogen-bond donors (Lipinski definition) is 1. The lowest BCUT2D eigenvalue weighted by atomic mass is 10.0. The molecule has 0 aliphatic carbocycles. The molecular formula is C63H117N2O7P. The zero-order valence-electron chi connectivity index (χ0n) is 48.6.